The van der Waals surface area contributed by atoms with Crippen LogP contribution in [0.5, 0.6) is 0 Å². The number of carboxylic acids is 2. The van der Waals surface area contributed by atoms with Gasteiger partial charge in [0.2, 0.25) is 0 Å². The van der Waals surface area contributed by atoms with Gasteiger partial charge < -0.3 is 25.3 Å². The van der Waals surface area contributed by atoms with Gasteiger partial charge in [0.1, 0.15) is 0 Å². The molecule has 0 aliphatic carbocycles. The SMILES string of the molecule is CC(=O)[O-].CC(C)C(=O)[O-].[Au+].[OH-]. The Morgan fingerprint density at radius 3 is 1.25 bits per heavy atom. The van der Waals surface area contributed by atoms with Crippen molar-refractivity contribution in [3.8, 4) is 0 Å². The number of carboxylic acid groups (broad SMARTS) is 2. The average Bonchev–Trinajstić information content (AvgIpc) is 1.63. The molecule has 0 heterocycles. The van der Waals surface area contributed by atoms with Crippen molar-refractivity contribution in [3.63, 3.8) is 0 Å². The van der Waals surface area contributed by atoms with Gasteiger partial charge in [0, 0.05) is 11.9 Å². The van der Waals surface area contributed by atoms with Crippen LogP contribution in [0.25, 0.3) is 0 Å². The molecule has 1 N–H and O–H groups in total. The van der Waals surface area contributed by atoms with Crippen molar-refractivity contribution in [2.24, 2.45) is 5.92 Å². The second kappa shape index (κ2) is 13.2. The first-order valence-corrected chi connectivity index (χ1v) is 2.76. The van der Waals surface area contributed by atoms with E-state index >= 15 is 0 Å². The molecular formula is C6H11AuO5-2. The molecule has 0 spiro atoms. The summed E-state index contributed by atoms with van der Waals surface area (Å²) in [4.78, 5) is 18.5. The molecule has 0 saturated heterocycles. The van der Waals surface area contributed by atoms with Crippen LogP contribution in [0.4, 0.5) is 0 Å². The predicted octanol–water partition coefficient (Wildman–Crippen LogP) is -2.03. The van der Waals surface area contributed by atoms with Crippen molar-refractivity contribution < 1.29 is 47.7 Å². The Balaban J connectivity index is -0.0000000483. The Morgan fingerprint density at radius 1 is 1.17 bits per heavy atom. The quantitative estimate of drug-likeness (QED) is 0.501. The minimum atomic E-state index is -1.08. The number of carbonyl (C=O) groups is 2. The van der Waals surface area contributed by atoms with Crippen LogP contribution in [0.2, 0.25) is 0 Å². The molecule has 0 aromatic carbocycles. The molecule has 0 aromatic rings. The summed E-state index contributed by atoms with van der Waals surface area (Å²) < 4.78 is 0. The minimum Gasteiger partial charge on any atom is -0.870 e. The van der Waals surface area contributed by atoms with Crippen LogP contribution in [0.15, 0.2) is 0 Å². The maximum atomic E-state index is 9.59. The number of hydrogen-bond acceptors (Lipinski definition) is 5. The molecule has 6 heteroatoms. The van der Waals surface area contributed by atoms with Crippen LogP contribution in [-0.2, 0) is 32.0 Å². The van der Waals surface area contributed by atoms with Gasteiger partial charge >= 0.3 is 22.4 Å². The van der Waals surface area contributed by atoms with Crippen molar-refractivity contribution in [2.75, 3.05) is 0 Å². The van der Waals surface area contributed by atoms with Gasteiger partial charge in [0.15, 0.2) is 0 Å². The predicted molar refractivity (Wildman–Crippen MR) is 32.5 cm³/mol. The van der Waals surface area contributed by atoms with Gasteiger partial charge in [-0.1, -0.05) is 13.8 Å². The Bertz CT molecular complexity index is 119. The van der Waals surface area contributed by atoms with E-state index in [1.54, 1.807) is 13.8 Å². The second-order valence-electron chi connectivity index (χ2n) is 1.97. The van der Waals surface area contributed by atoms with Gasteiger partial charge in [-0.2, -0.15) is 0 Å². The molecule has 0 fully saturated rings. The molecule has 12 heavy (non-hydrogen) atoms. The molecule has 78 valence electrons. The van der Waals surface area contributed by atoms with Crippen molar-refractivity contribution >= 4 is 11.9 Å². The normalized spacial score (nSPS) is 6.67. The standard InChI is InChI=1S/C4H8O2.C2H4O2.Au.H2O/c1-3(2)4(5)6;1-2(3)4;;/h3H,1-2H3,(H,5,6);1H3,(H,3,4);;1H2/q;;+1;/p-3. The summed E-state index contributed by atoms with van der Waals surface area (Å²) in [5.41, 5.74) is 0. The second-order valence-corrected chi connectivity index (χ2v) is 1.97. The molecular weight excluding hydrogens is 349 g/mol. The van der Waals surface area contributed by atoms with E-state index in [2.05, 4.69) is 0 Å². The molecule has 0 aliphatic heterocycles. The Labute approximate surface area is 86.6 Å². The minimum absolute atomic E-state index is 0. The van der Waals surface area contributed by atoms with Gasteiger partial charge in [-0.25, -0.2) is 0 Å². The molecule has 0 radical (unpaired) electrons. The fourth-order valence-electron chi connectivity index (χ4n) is 0. The molecule has 0 bridgehead atoms. The van der Waals surface area contributed by atoms with E-state index in [4.69, 9.17) is 9.90 Å². The molecule has 0 aliphatic rings. The first-order valence-electron chi connectivity index (χ1n) is 2.76. The van der Waals surface area contributed by atoms with E-state index in [1.807, 2.05) is 0 Å². The number of hydrogen-bond donors (Lipinski definition) is 0. The van der Waals surface area contributed by atoms with Gasteiger partial charge in [0.05, 0.1) is 0 Å². The first-order chi connectivity index (χ1) is 4.37. The van der Waals surface area contributed by atoms with Crippen molar-refractivity contribution in [1.82, 2.24) is 0 Å². The van der Waals surface area contributed by atoms with Crippen LogP contribution in [0.3, 0.4) is 0 Å². The first kappa shape index (κ1) is 22.6. The molecule has 0 aromatic heterocycles. The molecule has 0 saturated carbocycles. The number of aliphatic carboxylic acids is 2. The third kappa shape index (κ3) is 54.3. The third-order valence-electron chi connectivity index (χ3n) is 0.471. The molecule has 0 rings (SSSR count). The largest absolute Gasteiger partial charge is 1.00 e. The molecule has 0 atom stereocenters. The summed E-state index contributed by atoms with van der Waals surface area (Å²) in [7, 11) is 0. The zero-order valence-corrected chi connectivity index (χ0v) is 9.13. The molecule has 0 amide bonds. The Morgan fingerprint density at radius 2 is 1.25 bits per heavy atom. The van der Waals surface area contributed by atoms with E-state index in [-0.39, 0.29) is 33.8 Å². The third-order valence-corrected chi connectivity index (χ3v) is 0.471. The summed E-state index contributed by atoms with van der Waals surface area (Å²) in [6.45, 7) is 4.13. The fourth-order valence-corrected chi connectivity index (χ4v) is 0. The van der Waals surface area contributed by atoms with E-state index in [0.29, 0.717) is 0 Å². The maximum Gasteiger partial charge on any atom is 1.00 e. The topological polar surface area (TPSA) is 110 Å². The molecule has 5 nitrogen and oxygen atoms in total. The summed E-state index contributed by atoms with van der Waals surface area (Å²) >= 11 is 0. The Hall–Kier alpha value is -0.360. The summed E-state index contributed by atoms with van der Waals surface area (Å²) in [6.07, 6.45) is 0. The van der Waals surface area contributed by atoms with E-state index < -0.39 is 11.9 Å². The van der Waals surface area contributed by atoms with Crippen LogP contribution in [-0.4, -0.2) is 17.4 Å². The fraction of sp³-hybridized carbons (Fsp3) is 0.667. The van der Waals surface area contributed by atoms with E-state index in [9.17, 15) is 9.90 Å². The van der Waals surface area contributed by atoms with Crippen LogP contribution >= 0.6 is 0 Å². The van der Waals surface area contributed by atoms with Crippen molar-refractivity contribution in [1.29, 1.82) is 0 Å². The maximum absolute atomic E-state index is 9.59. The van der Waals surface area contributed by atoms with Crippen LogP contribution in [0, 0.1) is 5.92 Å². The summed E-state index contributed by atoms with van der Waals surface area (Å²) in [5, 5.41) is 18.5. The summed E-state index contributed by atoms with van der Waals surface area (Å²) in [6, 6.07) is 0. The number of rotatable bonds is 1. The van der Waals surface area contributed by atoms with E-state index in [1.165, 1.54) is 0 Å². The zero-order chi connectivity index (χ0) is 8.73. The monoisotopic (exact) mass is 360 g/mol. The smallest absolute Gasteiger partial charge is 0.870 e. The number of carbonyl (C=O) groups excluding carboxylic acids is 2. The average molecular weight is 360 g/mol. The summed E-state index contributed by atoms with van der Waals surface area (Å²) in [5.74, 6) is -2.42. The molecule has 0 unspecified atom stereocenters. The van der Waals surface area contributed by atoms with Gasteiger partial charge in [-0.05, 0) is 12.8 Å². The van der Waals surface area contributed by atoms with Crippen molar-refractivity contribution in [2.45, 2.75) is 20.8 Å². The van der Waals surface area contributed by atoms with Crippen molar-refractivity contribution in [3.05, 3.63) is 0 Å². The van der Waals surface area contributed by atoms with Crippen LogP contribution < -0.4 is 10.2 Å². The Kier molecular flexibility index (Phi) is 24.9. The van der Waals surface area contributed by atoms with E-state index in [0.717, 1.165) is 6.92 Å². The van der Waals surface area contributed by atoms with Gasteiger partial charge in [0.25, 0.3) is 0 Å². The van der Waals surface area contributed by atoms with Gasteiger partial charge in [-0.15, -0.1) is 0 Å². The van der Waals surface area contributed by atoms with Gasteiger partial charge in [-0.3, -0.25) is 0 Å². The zero-order valence-electron chi connectivity index (χ0n) is 6.96. The van der Waals surface area contributed by atoms with Crippen LogP contribution in [0.1, 0.15) is 20.8 Å².